The van der Waals surface area contributed by atoms with E-state index in [0.29, 0.717) is 11.5 Å². The Hall–Kier alpha value is -2.02. The van der Waals surface area contributed by atoms with Crippen LogP contribution in [0.15, 0.2) is 67.5 Å². The van der Waals surface area contributed by atoms with Gasteiger partial charge in [-0.25, -0.2) is 0 Å². The molecule has 1 rings (SSSR count). The van der Waals surface area contributed by atoms with Gasteiger partial charge >= 0.3 is 0 Å². The van der Waals surface area contributed by atoms with Crippen molar-refractivity contribution in [2.45, 2.75) is 34.1 Å². The maximum atomic E-state index is 5.51. The van der Waals surface area contributed by atoms with E-state index in [-0.39, 0.29) is 0 Å². The lowest BCUT2D eigenvalue weighted by Crippen LogP contribution is -1.89. The molecular weight excluding hydrogens is 244 g/mol. The summed E-state index contributed by atoms with van der Waals surface area (Å²) in [5.74, 6) is 1.15. The zero-order valence-corrected chi connectivity index (χ0v) is 13.2. The van der Waals surface area contributed by atoms with Crippen molar-refractivity contribution in [2.24, 2.45) is 0 Å². The highest BCUT2D eigenvalue weighted by Gasteiger charge is 2.00. The zero-order valence-electron chi connectivity index (χ0n) is 13.2. The lowest BCUT2D eigenvalue weighted by atomic mass is 10.1. The first-order valence-electron chi connectivity index (χ1n) is 6.87. The molecular formula is C19H26O. The molecule has 0 unspecified atom stereocenters. The molecule has 1 nitrogen and oxygen atoms in total. The highest BCUT2D eigenvalue weighted by atomic mass is 16.5. The van der Waals surface area contributed by atoms with Gasteiger partial charge in [-0.15, -0.1) is 0 Å². The van der Waals surface area contributed by atoms with Crippen LogP contribution in [0.1, 0.15) is 38.3 Å². The van der Waals surface area contributed by atoms with Crippen LogP contribution in [0.2, 0.25) is 0 Å². The standard InChI is InChI=1S/C16H18O.C3H8/c1-12(2)6-9-14(4)17-15(5)16-10-7-13(3)8-11-16;1-3-2/h6-11H,1,4-5H2,2-3H3;3H2,1-2H3/b9-6-;. The molecule has 0 bridgehead atoms. The molecule has 1 aromatic rings. The van der Waals surface area contributed by atoms with Gasteiger partial charge in [0.25, 0.3) is 0 Å². The van der Waals surface area contributed by atoms with Crippen LogP contribution in [0, 0.1) is 6.92 Å². The maximum Gasteiger partial charge on any atom is 0.127 e. The molecule has 0 saturated heterocycles. The first-order valence-corrected chi connectivity index (χ1v) is 6.87. The Balaban J connectivity index is 0.00000110. The monoisotopic (exact) mass is 270 g/mol. The van der Waals surface area contributed by atoms with E-state index >= 15 is 0 Å². The quantitative estimate of drug-likeness (QED) is 0.468. The predicted octanol–water partition coefficient (Wildman–Crippen LogP) is 6.04. The topological polar surface area (TPSA) is 9.23 Å². The molecule has 0 spiro atoms. The van der Waals surface area contributed by atoms with E-state index in [1.807, 2.05) is 44.2 Å². The second-order valence-electron chi connectivity index (χ2n) is 4.74. The molecule has 0 heterocycles. The Morgan fingerprint density at radius 1 is 1.05 bits per heavy atom. The second kappa shape index (κ2) is 9.85. The predicted molar refractivity (Wildman–Crippen MR) is 90.4 cm³/mol. The normalized spacial score (nSPS) is 9.60. The Morgan fingerprint density at radius 2 is 1.55 bits per heavy atom. The van der Waals surface area contributed by atoms with Crippen LogP contribution < -0.4 is 0 Å². The fourth-order valence-corrected chi connectivity index (χ4v) is 1.23. The highest BCUT2D eigenvalue weighted by molar-refractivity contribution is 5.58. The molecule has 1 heteroatoms. The lowest BCUT2D eigenvalue weighted by molar-refractivity contribution is 0.404. The van der Waals surface area contributed by atoms with Gasteiger partial charge in [0, 0.05) is 5.56 Å². The molecule has 1 aromatic carbocycles. The largest absolute Gasteiger partial charge is 0.458 e. The van der Waals surface area contributed by atoms with Crippen LogP contribution in [0.5, 0.6) is 0 Å². The third-order valence-electron chi connectivity index (χ3n) is 2.18. The Morgan fingerprint density at radius 3 is 2.00 bits per heavy atom. The molecule has 108 valence electrons. The minimum absolute atomic E-state index is 0.554. The smallest absolute Gasteiger partial charge is 0.127 e. The average Bonchev–Trinajstić information content (AvgIpc) is 2.38. The molecule has 0 saturated carbocycles. The first-order chi connectivity index (χ1) is 9.40. The highest BCUT2D eigenvalue weighted by Crippen LogP contribution is 2.17. The second-order valence-corrected chi connectivity index (χ2v) is 4.74. The number of hydrogen-bond donors (Lipinski definition) is 0. The average molecular weight is 270 g/mol. The summed E-state index contributed by atoms with van der Waals surface area (Å²) in [4.78, 5) is 0. The van der Waals surface area contributed by atoms with Crippen LogP contribution >= 0.6 is 0 Å². The number of aryl methyl sites for hydroxylation is 1. The van der Waals surface area contributed by atoms with Gasteiger partial charge in [-0.3, -0.25) is 0 Å². The van der Waals surface area contributed by atoms with Crippen LogP contribution in [-0.4, -0.2) is 0 Å². The minimum atomic E-state index is 0.554. The van der Waals surface area contributed by atoms with E-state index in [1.54, 1.807) is 6.08 Å². The zero-order chi connectivity index (χ0) is 15.5. The van der Waals surface area contributed by atoms with Crippen molar-refractivity contribution >= 4 is 5.76 Å². The van der Waals surface area contributed by atoms with Gasteiger partial charge in [0.05, 0.1) is 0 Å². The first kappa shape index (κ1) is 18.0. The fraction of sp³-hybridized carbons (Fsp3) is 0.263. The molecule has 0 fully saturated rings. The van der Waals surface area contributed by atoms with Gasteiger partial charge in [-0.1, -0.05) is 81.5 Å². The molecule has 0 aliphatic heterocycles. The molecule has 0 N–H and O–H groups in total. The van der Waals surface area contributed by atoms with Gasteiger partial charge in [-0.2, -0.15) is 0 Å². The van der Waals surface area contributed by atoms with E-state index in [2.05, 4.69) is 33.6 Å². The van der Waals surface area contributed by atoms with Crippen molar-refractivity contribution in [3.63, 3.8) is 0 Å². The van der Waals surface area contributed by atoms with E-state index in [4.69, 9.17) is 4.74 Å². The van der Waals surface area contributed by atoms with Crippen molar-refractivity contribution < 1.29 is 4.74 Å². The van der Waals surface area contributed by atoms with E-state index < -0.39 is 0 Å². The molecule has 0 aromatic heterocycles. The summed E-state index contributed by atoms with van der Waals surface area (Å²) < 4.78 is 5.51. The Bertz CT molecular complexity index is 475. The van der Waals surface area contributed by atoms with Crippen molar-refractivity contribution in [2.75, 3.05) is 0 Å². The van der Waals surface area contributed by atoms with Gasteiger partial charge < -0.3 is 4.74 Å². The van der Waals surface area contributed by atoms with Crippen LogP contribution in [-0.2, 0) is 4.74 Å². The molecule has 0 atom stereocenters. The van der Waals surface area contributed by atoms with Gasteiger partial charge in [-0.05, 0) is 19.9 Å². The van der Waals surface area contributed by atoms with Gasteiger partial charge in [0.15, 0.2) is 0 Å². The SMILES string of the molecule is C=C(C)/C=C\C(=C)OC(=C)c1ccc(C)cc1.CCC. The third-order valence-corrected chi connectivity index (χ3v) is 2.18. The number of rotatable bonds is 5. The molecule has 0 amide bonds. The summed E-state index contributed by atoms with van der Waals surface area (Å²) in [6.07, 6.45) is 4.88. The van der Waals surface area contributed by atoms with Crippen LogP contribution in [0.25, 0.3) is 5.76 Å². The molecule has 0 radical (unpaired) electrons. The number of allylic oxidation sites excluding steroid dienone is 3. The summed E-state index contributed by atoms with van der Waals surface area (Å²) in [5.41, 5.74) is 3.12. The summed E-state index contributed by atoms with van der Waals surface area (Å²) in [5, 5.41) is 0. The van der Waals surface area contributed by atoms with Crippen LogP contribution in [0.3, 0.4) is 0 Å². The Labute approximate surface area is 124 Å². The lowest BCUT2D eigenvalue weighted by Gasteiger charge is -2.08. The molecule has 20 heavy (non-hydrogen) atoms. The Kier molecular flexibility index (Phi) is 8.86. The number of hydrogen-bond acceptors (Lipinski definition) is 1. The third kappa shape index (κ3) is 8.15. The van der Waals surface area contributed by atoms with Crippen molar-refractivity contribution in [1.82, 2.24) is 0 Å². The summed E-state index contributed by atoms with van der Waals surface area (Å²) in [6, 6.07) is 8.01. The van der Waals surface area contributed by atoms with E-state index in [9.17, 15) is 0 Å². The molecule has 0 aliphatic rings. The van der Waals surface area contributed by atoms with Crippen molar-refractivity contribution in [3.8, 4) is 0 Å². The number of ether oxygens (including phenoxy) is 1. The minimum Gasteiger partial charge on any atom is -0.458 e. The maximum absolute atomic E-state index is 5.51. The van der Waals surface area contributed by atoms with Gasteiger partial charge in [0.2, 0.25) is 0 Å². The summed E-state index contributed by atoms with van der Waals surface area (Å²) >= 11 is 0. The van der Waals surface area contributed by atoms with Gasteiger partial charge in [0.1, 0.15) is 11.5 Å². The van der Waals surface area contributed by atoms with E-state index in [0.717, 1.165) is 11.1 Å². The van der Waals surface area contributed by atoms with E-state index in [1.165, 1.54) is 12.0 Å². The summed E-state index contributed by atoms with van der Waals surface area (Å²) in [6.45, 7) is 19.7. The number of benzene rings is 1. The van der Waals surface area contributed by atoms with Crippen LogP contribution in [0.4, 0.5) is 0 Å². The van der Waals surface area contributed by atoms with Crippen molar-refractivity contribution in [3.05, 3.63) is 78.6 Å². The molecule has 0 aliphatic carbocycles. The summed E-state index contributed by atoms with van der Waals surface area (Å²) in [7, 11) is 0. The van der Waals surface area contributed by atoms with Crippen molar-refractivity contribution in [1.29, 1.82) is 0 Å². The fourth-order valence-electron chi connectivity index (χ4n) is 1.23.